The van der Waals surface area contributed by atoms with Gasteiger partial charge < -0.3 is 38.5 Å². The summed E-state index contributed by atoms with van der Waals surface area (Å²) in [6, 6.07) is 15.7. The van der Waals surface area contributed by atoms with Crippen LogP contribution in [0.3, 0.4) is 0 Å². The normalized spacial score (nSPS) is 20.7. The number of hydrogen-bond donors (Lipinski definition) is 1. The van der Waals surface area contributed by atoms with Crippen molar-refractivity contribution >= 4 is 5.69 Å². The fourth-order valence-corrected chi connectivity index (χ4v) is 6.17. The number of nitrogens with zero attached hydrogens (tertiary/aromatic N) is 4. The Morgan fingerprint density at radius 1 is 0.977 bits per heavy atom. The molecule has 5 rings (SSSR count). The first kappa shape index (κ1) is 32.4. The Labute approximate surface area is 262 Å². The lowest BCUT2D eigenvalue weighted by molar-refractivity contribution is 0.00196. The highest BCUT2D eigenvalue weighted by Gasteiger charge is 2.32. The number of aromatic nitrogens is 3. The second kappa shape index (κ2) is 16.9. The van der Waals surface area contributed by atoms with Gasteiger partial charge in [-0.3, -0.25) is 0 Å². The fourth-order valence-electron chi connectivity index (χ4n) is 6.17. The molecule has 2 aromatic carbocycles. The van der Waals surface area contributed by atoms with Crippen molar-refractivity contribution in [1.82, 2.24) is 20.1 Å². The quantitative estimate of drug-likeness (QED) is 0.224. The summed E-state index contributed by atoms with van der Waals surface area (Å²) in [6.45, 7) is 9.69. The number of aryl methyl sites for hydroxylation is 1. The maximum absolute atomic E-state index is 6.70. The van der Waals surface area contributed by atoms with E-state index in [1.807, 2.05) is 4.57 Å². The molecule has 10 heteroatoms. The molecule has 1 aromatic heterocycles. The summed E-state index contributed by atoms with van der Waals surface area (Å²) in [6.07, 6.45) is 6.63. The van der Waals surface area contributed by atoms with Crippen molar-refractivity contribution in [3.63, 3.8) is 0 Å². The second-order valence-corrected chi connectivity index (χ2v) is 12.1. The number of rotatable bonds is 17. The van der Waals surface area contributed by atoms with Gasteiger partial charge in [0.25, 0.3) is 0 Å². The van der Waals surface area contributed by atoms with E-state index in [1.54, 1.807) is 26.9 Å². The summed E-state index contributed by atoms with van der Waals surface area (Å²) >= 11 is 0. The lowest BCUT2D eigenvalue weighted by Gasteiger charge is -2.37. The number of piperidine rings is 1. The van der Waals surface area contributed by atoms with Crippen molar-refractivity contribution in [1.29, 1.82) is 0 Å². The molecular weight excluding hydrogens is 558 g/mol. The minimum Gasteiger partial charge on any atom is -0.490 e. The fraction of sp³-hybridized carbons (Fsp3) is 0.588. The van der Waals surface area contributed by atoms with E-state index in [-0.39, 0.29) is 12.0 Å². The zero-order valence-corrected chi connectivity index (χ0v) is 26.5. The van der Waals surface area contributed by atoms with Gasteiger partial charge in [0, 0.05) is 58.3 Å². The summed E-state index contributed by atoms with van der Waals surface area (Å²) in [5, 5.41) is 11.7. The van der Waals surface area contributed by atoms with Crippen LogP contribution >= 0.6 is 0 Å². The van der Waals surface area contributed by atoms with Gasteiger partial charge in [0.15, 0.2) is 0 Å². The number of methoxy groups -OCH3 is 2. The van der Waals surface area contributed by atoms with Crippen LogP contribution in [0.5, 0.6) is 5.75 Å². The third-order valence-electron chi connectivity index (χ3n) is 8.55. The Morgan fingerprint density at radius 2 is 1.80 bits per heavy atom. The molecule has 240 valence electrons. The van der Waals surface area contributed by atoms with Crippen LogP contribution < -0.4 is 15.0 Å². The molecular formula is C34H49N5O5. The molecule has 2 aliphatic heterocycles. The topological polar surface area (TPSA) is 92.1 Å². The summed E-state index contributed by atoms with van der Waals surface area (Å²) in [5.41, 5.74) is 4.80. The zero-order valence-electron chi connectivity index (χ0n) is 26.5. The largest absolute Gasteiger partial charge is 0.490 e. The van der Waals surface area contributed by atoms with Gasteiger partial charge in [-0.1, -0.05) is 37.3 Å². The Kier molecular flexibility index (Phi) is 12.4. The Hall–Kier alpha value is -3.02. The number of anilines is 1. The molecule has 0 saturated carbocycles. The third-order valence-corrected chi connectivity index (χ3v) is 8.55. The number of fused-ring (bicyclic) bond motifs is 1. The van der Waals surface area contributed by atoms with Crippen LogP contribution in [0, 0.1) is 5.92 Å². The van der Waals surface area contributed by atoms with Crippen LogP contribution in [0.4, 0.5) is 5.69 Å². The van der Waals surface area contributed by atoms with Gasteiger partial charge in [0.2, 0.25) is 0 Å². The summed E-state index contributed by atoms with van der Waals surface area (Å²) in [5.74, 6) is 1.61. The van der Waals surface area contributed by atoms with Crippen molar-refractivity contribution in [3.8, 4) is 5.75 Å². The lowest BCUT2D eigenvalue weighted by Crippen LogP contribution is -2.47. The predicted molar refractivity (Wildman–Crippen MR) is 170 cm³/mol. The van der Waals surface area contributed by atoms with E-state index in [4.69, 9.17) is 23.7 Å². The molecule has 4 atom stereocenters. The highest BCUT2D eigenvalue weighted by atomic mass is 16.5. The molecule has 3 aromatic rings. The molecule has 0 amide bonds. The van der Waals surface area contributed by atoms with Gasteiger partial charge >= 0.3 is 0 Å². The molecule has 1 saturated heterocycles. The molecule has 0 bridgehead atoms. The third kappa shape index (κ3) is 9.25. The van der Waals surface area contributed by atoms with E-state index in [0.717, 1.165) is 69.0 Å². The Morgan fingerprint density at radius 3 is 2.59 bits per heavy atom. The van der Waals surface area contributed by atoms with Gasteiger partial charge in [-0.25, -0.2) is 0 Å². The van der Waals surface area contributed by atoms with Gasteiger partial charge in [-0.2, -0.15) is 0 Å². The SMILES string of the molecule is COCCCN1CCOc2ccc(CO[C@H]3CN[C@@H](CCn4cnnc4)C[C@@H]3c3ccc(COCC(C)COC)cc3)cc21. The van der Waals surface area contributed by atoms with Crippen LogP contribution in [0.15, 0.2) is 55.1 Å². The van der Waals surface area contributed by atoms with Crippen LogP contribution in [0.1, 0.15) is 48.8 Å². The monoisotopic (exact) mass is 607 g/mol. The summed E-state index contributed by atoms with van der Waals surface area (Å²) in [7, 11) is 3.48. The van der Waals surface area contributed by atoms with E-state index < -0.39 is 0 Å². The highest BCUT2D eigenvalue weighted by Crippen LogP contribution is 2.35. The van der Waals surface area contributed by atoms with E-state index in [2.05, 4.69) is 69.8 Å². The number of hydrogen-bond acceptors (Lipinski definition) is 9. The zero-order chi connectivity index (χ0) is 30.6. The number of nitrogens with one attached hydrogen (secondary N) is 1. The van der Waals surface area contributed by atoms with Crippen molar-refractivity contribution in [3.05, 3.63) is 71.8 Å². The van der Waals surface area contributed by atoms with Crippen molar-refractivity contribution < 1.29 is 23.7 Å². The minimum atomic E-state index is 0.0586. The Bertz CT molecular complexity index is 1240. The van der Waals surface area contributed by atoms with Crippen molar-refractivity contribution in [2.24, 2.45) is 5.92 Å². The Balaban J connectivity index is 1.23. The number of ether oxygens (including phenoxy) is 5. The molecule has 44 heavy (non-hydrogen) atoms. The van der Waals surface area contributed by atoms with Crippen molar-refractivity contribution in [2.75, 3.05) is 65.2 Å². The van der Waals surface area contributed by atoms with E-state index in [1.165, 1.54) is 11.1 Å². The average Bonchev–Trinajstić information content (AvgIpc) is 3.58. The van der Waals surface area contributed by atoms with E-state index in [9.17, 15) is 0 Å². The van der Waals surface area contributed by atoms with Crippen LogP contribution in [-0.4, -0.2) is 87.2 Å². The maximum Gasteiger partial charge on any atom is 0.142 e. The first-order chi connectivity index (χ1) is 21.6. The molecule has 0 aliphatic carbocycles. The number of benzene rings is 2. The molecule has 0 radical (unpaired) electrons. The van der Waals surface area contributed by atoms with Crippen LogP contribution in [0.2, 0.25) is 0 Å². The maximum atomic E-state index is 6.70. The van der Waals surface area contributed by atoms with Gasteiger partial charge in [-0.05, 0) is 48.1 Å². The minimum absolute atomic E-state index is 0.0586. The molecule has 1 fully saturated rings. The standard InChI is InChI=1S/C34H49N5O5/c1-26(20-41-3)21-42-22-27-5-8-29(9-6-27)31-18-30(11-13-38-24-36-37-25-38)35-19-34(31)44-23-28-7-10-33-32(17-28)39(14-16-43-33)12-4-15-40-2/h5-10,17,24-26,30-31,34-35H,4,11-16,18-23H2,1-3H3/t26?,30-,31+,34-/m0/s1. The molecule has 2 aliphatic rings. The first-order valence-electron chi connectivity index (χ1n) is 16.0. The van der Waals surface area contributed by atoms with Crippen LogP contribution in [0.25, 0.3) is 0 Å². The van der Waals surface area contributed by atoms with E-state index in [0.29, 0.717) is 45.0 Å². The molecule has 0 spiro atoms. The molecule has 1 unspecified atom stereocenters. The molecule has 1 N–H and O–H groups in total. The molecule has 10 nitrogen and oxygen atoms in total. The van der Waals surface area contributed by atoms with E-state index >= 15 is 0 Å². The van der Waals surface area contributed by atoms with Crippen LogP contribution in [-0.2, 0) is 38.7 Å². The summed E-state index contributed by atoms with van der Waals surface area (Å²) in [4.78, 5) is 2.40. The van der Waals surface area contributed by atoms with Gasteiger partial charge in [0.05, 0.1) is 44.8 Å². The average molecular weight is 608 g/mol. The lowest BCUT2D eigenvalue weighted by atomic mass is 9.83. The smallest absolute Gasteiger partial charge is 0.142 e. The van der Waals surface area contributed by atoms with Gasteiger partial charge in [-0.15, -0.1) is 10.2 Å². The van der Waals surface area contributed by atoms with Gasteiger partial charge in [0.1, 0.15) is 25.0 Å². The first-order valence-corrected chi connectivity index (χ1v) is 16.0. The predicted octanol–water partition coefficient (Wildman–Crippen LogP) is 4.43. The van der Waals surface area contributed by atoms with Crippen molar-refractivity contribution in [2.45, 2.75) is 64.0 Å². The molecule has 3 heterocycles. The second-order valence-electron chi connectivity index (χ2n) is 12.1. The summed E-state index contributed by atoms with van der Waals surface area (Å²) < 4.78 is 31.1. The highest BCUT2D eigenvalue weighted by molar-refractivity contribution is 5.61.